The number of hydrogen-bond donors (Lipinski definition) is 2. The van der Waals surface area contributed by atoms with Crippen molar-refractivity contribution >= 4 is 12.2 Å². The molecular weight excluding hydrogens is 260 g/mol. The van der Waals surface area contributed by atoms with Crippen LogP contribution in [-0.2, 0) is 9.47 Å². The quantitative estimate of drug-likeness (QED) is 0.718. The molecule has 0 rings (SSSR count). The minimum Gasteiger partial charge on any atom is -0.436 e. The Kier molecular flexibility index (Phi) is 11.6. The van der Waals surface area contributed by atoms with Crippen LogP contribution in [0.4, 0.5) is 9.59 Å². The molecule has 0 spiro atoms. The molecular formula is C14H20N2O4. The first kappa shape index (κ1) is 17.7. The topological polar surface area (TPSA) is 76.7 Å². The van der Waals surface area contributed by atoms with E-state index in [9.17, 15) is 9.59 Å². The Hall–Kier alpha value is -2.34. The molecule has 6 heteroatoms. The van der Waals surface area contributed by atoms with E-state index in [4.69, 9.17) is 9.47 Å². The zero-order chi connectivity index (χ0) is 15.1. The number of nitrogens with one attached hydrogen (secondary N) is 2. The van der Waals surface area contributed by atoms with Gasteiger partial charge < -0.3 is 20.1 Å². The molecule has 0 radical (unpaired) electrons. The van der Waals surface area contributed by atoms with Crippen LogP contribution in [0.5, 0.6) is 0 Å². The molecule has 6 nitrogen and oxygen atoms in total. The summed E-state index contributed by atoms with van der Waals surface area (Å²) in [4.78, 5) is 22.0. The van der Waals surface area contributed by atoms with Crippen LogP contribution in [0.3, 0.4) is 0 Å². The lowest BCUT2D eigenvalue weighted by atomic mass is 10.5. The fourth-order valence-corrected chi connectivity index (χ4v) is 0.920. The Balaban J connectivity index is 3.64. The molecule has 0 saturated heterocycles. The van der Waals surface area contributed by atoms with E-state index in [-0.39, 0.29) is 13.2 Å². The molecule has 20 heavy (non-hydrogen) atoms. The third kappa shape index (κ3) is 12.1. The first-order chi connectivity index (χ1) is 9.70. The monoisotopic (exact) mass is 280 g/mol. The number of amides is 2. The maximum atomic E-state index is 11.0. The number of rotatable bonds is 6. The summed E-state index contributed by atoms with van der Waals surface area (Å²) in [5, 5.41) is 5.09. The van der Waals surface area contributed by atoms with E-state index in [2.05, 4.69) is 34.3 Å². The summed E-state index contributed by atoms with van der Waals surface area (Å²) >= 11 is 0. The molecule has 0 fully saturated rings. The van der Waals surface area contributed by atoms with E-state index in [0.717, 1.165) is 12.8 Å². The molecule has 2 N–H and O–H groups in total. The van der Waals surface area contributed by atoms with Crippen LogP contribution in [0.2, 0.25) is 0 Å². The molecule has 0 heterocycles. The number of alkyl carbamates (subject to hydrolysis) is 2. The van der Waals surface area contributed by atoms with Gasteiger partial charge in [0.2, 0.25) is 0 Å². The van der Waals surface area contributed by atoms with Gasteiger partial charge in [-0.05, 0) is 36.5 Å². The van der Waals surface area contributed by atoms with Gasteiger partial charge in [-0.25, -0.2) is 9.59 Å². The predicted molar refractivity (Wildman–Crippen MR) is 74.8 cm³/mol. The van der Waals surface area contributed by atoms with Crippen LogP contribution >= 0.6 is 0 Å². The lowest BCUT2D eigenvalue weighted by Gasteiger charge is -2.01. The van der Waals surface area contributed by atoms with Gasteiger partial charge in [-0.2, -0.15) is 0 Å². The van der Waals surface area contributed by atoms with Crippen molar-refractivity contribution in [3.8, 4) is 23.7 Å². The Morgan fingerprint density at radius 2 is 1.25 bits per heavy atom. The van der Waals surface area contributed by atoms with Crippen molar-refractivity contribution in [1.82, 2.24) is 10.6 Å². The van der Waals surface area contributed by atoms with E-state index in [1.807, 2.05) is 13.8 Å². The second-order valence-electron chi connectivity index (χ2n) is 3.61. The van der Waals surface area contributed by atoms with Crippen molar-refractivity contribution in [2.75, 3.05) is 26.3 Å². The molecule has 0 unspecified atom stereocenters. The second-order valence-corrected chi connectivity index (χ2v) is 3.61. The Morgan fingerprint density at radius 3 is 1.60 bits per heavy atom. The average Bonchev–Trinajstić information content (AvgIpc) is 2.45. The lowest BCUT2D eigenvalue weighted by molar-refractivity contribution is 0.159. The molecule has 0 aliphatic carbocycles. The Morgan fingerprint density at radius 1 is 0.850 bits per heavy atom. The highest BCUT2D eigenvalue weighted by atomic mass is 16.6. The summed E-state index contributed by atoms with van der Waals surface area (Å²) in [5.41, 5.74) is 0. The van der Waals surface area contributed by atoms with Crippen LogP contribution < -0.4 is 10.6 Å². The zero-order valence-electron chi connectivity index (χ0n) is 11.9. The average molecular weight is 280 g/mol. The molecule has 0 aliphatic heterocycles. The van der Waals surface area contributed by atoms with Gasteiger partial charge in [-0.15, -0.1) is 0 Å². The molecule has 0 aromatic carbocycles. The Labute approximate surface area is 119 Å². The molecule has 110 valence electrons. The fraction of sp³-hybridized carbons (Fsp3) is 0.571. The normalized spacial score (nSPS) is 8.30. The minimum atomic E-state index is -0.495. The zero-order valence-corrected chi connectivity index (χ0v) is 11.9. The highest BCUT2D eigenvalue weighted by Crippen LogP contribution is 1.79. The van der Waals surface area contributed by atoms with Gasteiger partial charge >= 0.3 is 12.2 Å². The largest absolute Gasteiger partial charge is 0.436 e. The summed E-state index contributed by atoms with van der Waals surface area (Å²) < 4.78 is 9.49. The highest BCUT2D eigenvalue weighted by molar-refractivity contribution is 5.67. The molecule has 0 bridgehead atoms. The summed E-state index contributed by atoms with van der Waals surface area (Å²) in [6.07, 6.45) is 0.700. The molecule has 0 aliphatic rings. The van der Waals surface area contributed by atoms with Crippen molar-refractivity contribution in [3.05, 3.63) is 0 Å². The van der Waals surface area contributed by atoms with E-state index < -0.39 is 12.2 Å². The molecule has 0 saturated carbocycles. The maximum Gasteiger partial charge on any atom is 0.408 e. The van der Waals surface area contributed by atoms with Crippen molar-refractivity contribution < 1.29 is 19.1 Å². The van der Waals surface area contributed by atoms with Gasteiger partial charge in [-0.3, -0.25) is 0 Å². The van der Waals surface area contributed by atoms with Gasteiger partial charge in [-0.1, -0.05) is 13.8 Å². The lowest BCUT2D eigenvalue weighted by Crippen LogP contribution is -2.25. The van der Waals surface area contributed by atoms with E-state index in [1.165, 1.54) is 0 Å². The first-order valence-electron chi connectivity index (χ1n) is 6.47. The standard InChI is InChI=1S/C14H20N2O4/c1-3-9-15-13(17)19-11-7-5-6-8-12-20-14(18)16-10-4-2/h3-4,9-12H2,1-2H3,(H,15,17)(H,16,18). The van der Waals surface area contributed by atoms with Gasteiger partial charge in [0.25, 0.3) is 0 Å². The van der Waals surface area contributed by atoms with Crippen molar-refractivity contribution in [2.45, 2.75) is 26.7 Å². The van der Waals surface area contributed by atoms with Gasteiger partial charge in [0.15, 0.2) is 13.2 Å². The van der Waals surface area contributed by atoms with Crippen molar-refractivity contribution in [2.24, 2.45) is 0 Å². The number of carbonyl (C=O) groups excluding carboxylic acids is 2. The molecule has 0 aromatic rings. The smallest absolute Gasteiger partial charge is 0.408 e. The molecule has 0 atom stereocenters. The van der Waals surface area contributed by atoms with Crippen LogP contribution in [0.25, 0.3) is 0 Å². The third-order valence-corrected chi connectivity index (χ3v) is 1.83. The second kappa shape index (κ2) is 13.1. The maximum absolute atomic E-state index is 11.0. The van der Waals surface area contributed by atoms with Crippen molar-refractivity contribution in [3.63, 3.8) is 0 Å². The Bertz CT molecular complexity index is 372. The van der Waals surface area contributed by atoms with Crippen LogP contribution in [0, 0.1) is 23.7 Å². The number of ether oxygens (including phenoxy) is 2. The SMILES string of the molecule is CCCNC(=O)OCC#CC#CCOC(=O)NCCC. The van der Waals surface area contributed by atoms with Crippen LogP contribution in [-0.4, -0.2) is 38.5 Å². The first-order valence-corrected chi connectivity index (χ1v) is 6.47. The summed E-state index contributed by atoms with van der Waals surface area (Å²) in [7, 11) is 0. The van der Waals surface area contributed by atoms with Gasteiger partial charge in [0, 0.05) is 13.1 Å². The highest BCUT2D eigenvalue weighted by Gasteiger charge is 1.97. The third-order valence-electron chi connectivity index (χ3n) is 1.83. The summed E-state index contributed by atoms with van der Waals surface area (Å²) in [6.45, 7) is 4.98. The number of hydrogen-bond acceptors (Lipinski definition) is 4. The van der Waals surface area contributed by atoms with E-state index >= 15 is 0 Å². The van der Waals surface area contributed by atoms with Gasteiger partial charge in [0.05, 0.1) is 0 Å². The predicted octanol–water partition coefficient (Wildman–Crippen LogP) is 1.27. The molecule has 2 amide bonds. The van der Waals surface area contributed by atoms with Crippen LogP contribution in [0.1, 0.15) is 26.7 Å². The summed E-state index contributed by atoms with van der Waals surface area (Å²) in [5.74, 6) is 10.1. The number of carbonyl (C=O) groups is 2. The van der Waals surface area contributed by atoms with E-state index in [0.29, 0.717) is 13.1 Å². The molecule has 0 aromatic heterocycles. The minimum absolute atomic E-state index is 0.0257. The van der Waals surface area contributed by atoms with Crippen molar-refractivity contribution in [1.29, 1.82) is 0 Å². The van der Waals surface area contributed by atoms with E-state index in [1.54, 1.807) is 0 Å². The fourth-order valence-electron chi connectivity index (χ4n) is 0.920. The summed E-state index contributed by atoms with van der Waals surface area (Å²) in [6, 6.07) is 0. The van der Waals surface area contributed by atoms with Crippen LogP contribution in [0.15, 0.2) is 0 Å². The van der Waals surface area contributed by atoms with Gasteiger partial charge in [0.1, 0.15) is 0 Å².